The lowest BCUT2D eigenvalue weighted by atomic mass is 10.2. The number of nitrogens with zero attached hydrogens (tertiary/aromatic N) is 2. The van der Waals surface area contributed by atoms with Crippen molar-refractivity contribution < 1.29 is 0 Å². The maximum absolute atomic E-state index is 4.59. The van der Waals surface area contributed by atoms with Gasteiger partial charge in [-0.1, -0.05) is 12.1 Å². The van der Waals surface area contributed by atoms with Gasteiger partial charge in [-0.15, -0.1) is 0 Å². The minimum absolute atomic E-state index is 0.468. The molecule has 0 saturated carbocycles. The van der Waals surface area contributed by atoms with Gasteiger partial charge >= 0.3 is 0 Å². The fourth-order valence-electron chi connectivity index (χ4n) is 2.69. The predicted octanol–water partition coefficient (Wildman–Crippen LogP) is 2.24. The third-order valence-corrected chi connectivity index (χ3v) is 3.56. The molecular weight excluding hydrogens is 212 g/mol. The van der Waals surface area contributed by atoms with Crippen molar-refractivity contribution in [2.45, 2.75) is 18.9 Å². The van der Waals surface area contributed by atoms with Gasteiger partial charge in [0.15, 0.2) is 0 Å². The average Bonchev–Trinajstić information content (AvgIpc) is 3.03. The molecule has 1 saturated heterocycles. The number of imidazole rings is 2. The van der Waals surface area contributed by atoms with Crippen molar-refractivity contribution in [3.63, 3.8) is 0 Å². The van der Waals surface area contributed by atoms with E-state index in [0.29, 0.717) is 6.04 Å². The number of hydrogen-bond acceptors (Lipinski definition) is 2. The lowest BCUT2D eigenvalue weighted by molar-refractivity contribution is 0.632. The molecule has 4 nitrogen and oxygen atoms in total. The van der Waals surface area contributed by atoms with E-state index in [1.54, 1.807) is 0 Å². The molecule has 1 atom stereocenters. The van der Waals surface area contributed by atoms with E-state index in [9.17, 15) is 0 Å². The standard InChI is InChI=1S/C13H14N4/c1-2-6-12-10(4-1)15-13-16-11(8-17(12)13)9-5-3-7-14-9/h1-2,4,6,8-9,14H,3,5,7H2,(H,15,16). The first-order chi connectivity index (χ1) is 8.42. The van der Waals surface area contributed by atoms with Crippen LogP contribution in [0.4, 0.5) is 0 Å². The Morgan fingerprint density at radius 2 is 2.24 bits per heavy atom. The zero-order valence-corrected chi connectivity index (χ0v) is 9.48. The van der Waals surface area contributed by atoms with E-state index in [4.69, 9.17) is 0 Å². The van der Waals surface area contributed by atoms with Crippen molar-refractivity contribution in [2.75, 3.05) is 6.54 Å². The van der Waals surface area contributed by atoms with Gasteiger partial charge in [-0.3, -0.25) is 4.40 Å². The molecule has 0 amide bonds. The van der Waals surface area contributed by atoms with Crippen molar-refractivity contribution in [1.82, 2.24) is 19.7 Å². The highest BCUT2D eigenvalue weighted by Gasteiger charge is 2.19. The molecule has 1 unspecified atom stereocenters. The van der Waals surface area contributed by atoms with E-state index in [-0.39, 0.29) is 0 Å². The molecule has 2 aromatic heterocycles. The molecule has 0 radical (unpaired) electrons. The number of aromatic nitrogens is 3. The molecular formula is C13H14N4. The third kappa shape index (κ3) is 1.31. The number of aromatic amines is 1. The van der Waals surface area contributed by atoms with Crippen LogP contribution in [0.25, 0.3) is 16.8 Å². The summed E-state index contributed by atoms with van der Waals surface area (Å²) in [5.41, 5.74) is 3.46. The van der Waals surface area contributed by atoms with Crippen LogP contribution in [0.3, 0.4) is 0 Å². The minimum Gasteiger partial charge on any atom is -0.326 e. The number of benzene rings is 1. The number of hydrogen-bond donors (Lipinski definition) is 2. The summed E-state index contributed by atoms with van der Waals surface area (Å²) < 4.78 is 2.14. The van der Waals surface area contributed by atoms with E-state index in [1.807, 2.05) is 12.1 Å². The summed E-state index contributed by atoms with van der Waals surface area (Å²) in [6.45, 7) is 1.12. The molecule has 3 heterocycles. The summed E-state index contributed by atoms with van der Waals surface area (Å²) in [6.07, 6.45) is 4.64. The van der Waals surface area contributed by atoms with Crippen LogP contribution >= 0.6 is 0 Å². The van der Waals surface area contributed by atoms with Crippen molar-refractivity contribution >= 4 is 16.8 Å². The molecule has 1 aliphatic heterocycles. The van der Waals surface area contributed by atoms with Crippen molar-refractivity contribution in [2.24, 2.45) is 0 Å². The quantitative estimate of drug-likeness (QED) is 0.668. The monoisotopic (exact) mass is 226 g/mol. The van der Waals surface area contributed by atoms with E-state index in [0.717, 1.165) is 17.8 Å². The Morgan fingerprint density at radius 1 is 1.29 bits per heavy atom. The summed E-state index contributed by atoms with van der Waals surface area (Å²) in [5.74, 6) is 0.940. The summed E-state index contributed by atoms with van der Waals surface area (Å²) in [7, 11) is 0. The molecule has 0 spiro atoms. The highest BCUT2D eigenvalue weighted by Crippen LogP contribution is 2.24. The first kappa shape index (κ1) is 9.24. The Labute approximate surface area is 98.7 Å². The average molecular weight is 226 g/mol. The molecule has 0 bridgehead atoms. The second-order valence-electron chi connectivity index (χ2n) is 4.65. The highest BCUT2D eigenvalue weighted by atomic mass is 15.1. The third-order valence-electron chi connectivity index (χ3n) is 3.56. The number of para-hydroxylation sites is 2. The second-order valence-corrected chi connectivity index (χ2v) is 4.65. The zero-order chi connectivity index (χ0) is 11.2. The van der Waals surface area contributed by atoms with Gasteiger partial charge in [0.25, 0.3) is 0 Å². The van der Waals surface area contributed by atoms with Gasteiger partial charge in [0.1, 0.15) is 0 Å². The molecule has 1 aromatic carbocycles. The van der Waals surface area contributed by atoms with Crippen molar-refractivity contribution in [3.8, 4) is 0 Å². The van der Waals surface area contributed by atoms with Gasteiger partial charge < -0.3 is 10.3 Å². The number of fused-ring (bicyclic) bond motifs is 3. The van der Waals surface area contributed by atoms with Gasteiger partial charge in [0.2, 0.25) is 5.78 Å². The molecule has 1 aliphatic rings. The van der Waals surface area contributed by atoms with Crippen LogP contribution in [0.2, 0.25) is 0 Å². The fraction of sp³-hybridized carbons (Fsp3) is 0.308. The Hall–Kier alpha value is -1.81. The Balaban J connectivity index is 1.92. The minimum atomic E-state index is 0.468. The number of rotatable bonds is 1. The molecule has 4 heteroatoms. The lowest BCUT2D eigenvalue weighted by Crippen LogP contribution is -2.12. The van der Waals surface area contributed by atoms with Crippen LogP contribution in [-0.4, -0.2) is 20.9 Å². The molecule has 86 valence electrons. The fourth-order valence-corrected chi connectivity index (χ4v) is 2.69. The molecule has 4 rings (SSSR count). The normalized spacial score (nSPS) is 20.6. The molecule has 2 N–H and O–H groups in total. The number of nitrogens with one attached hydrogen (secondary N) is 2. The smallest absolute Gasteiger partial charge is 0.212 e. The maximum atomic E-state index is 4.59. The van der Waals surface area contributed by atoms with E-state index < -0.39 is 0 Å². The Morgan fingerprint density at radius 3 is 3.12 bits per heavy atom. The van der Waals surface area contributed by atoms with Gasteiger partial charge in [0, 0.05) is 12.2 Å². The predicted molar refractivity (Wildman–Crippen MR) is 67.0 cm³/mol. The Kier molecular flexibility index (Phi) is 1.82. The van der Waals surface area contributed by atoms with Crippen molar-refractivity contribution in [3.05, 3.63) is 36.2 Å². The largest absolute Gasteiger partial charge is 0.326 e. The molecule has 17 heavy (non-hydrogen) atoms. The first-order valence-corrected chi connectivity index (χ1v) is 6.11. The summed E-state index contributed by atoms with van der Waals surface area (Å²) in [5, 5.41) is 3.50. The zero-order valence-electron chi connectivity index (χ0n) is 9.48. The van der Waals surface area contributed by atoms with E-state index in [2.05, 4.69) is 38.0 Å². The van der Waals surface area contributed by atoms with Crippen LogP contribution in [0.1, 0.15) is 24.6 Å². The van der Waals surface area contributed by atoms with Crippen LogP contribution < -0.4 is 5.32 Å². The molecule has 3 aromatic rings. The van der Waals surface area contributed by atoms with Crippen LogP contribution in [0.5, 0.6) is 0 Å². The maximum Gasteiger partial charge on any atom is 0.212 e. The molecule has 0 aliphatic carbocycles. The SMILES string of the molecule is c1ccc2c(c1)nc1[nH]c(C3CCCN3)cn12. The summed E-state index contributed by atoms with van der Waals surface area (Å²) >= 11 is 0. The number of H-pyrrole nitrogens is 1. The molecule has 1 fully saturated rings. The van der Waals surface area contributed by atoms with Gasteiger partial charge in [0.05, 0.1) is 16.7 Å². The summed E-state index contributed by atoms with van der Waals surface area (Å²) in [6, 6.07) is 8.69. The first-order valence-electron chi connectivity index (χ1n) is 6.11. The second kappa shape index (κ2) is 3.34. The Bertz CT molecular complexity index is 673. The highest BCUT2D eigenvalue weighted by molar-refractivity contribution is 5.79. The van der Waals surface area contributed by atoms with Crippen LogP contribution in [0, 0.1) is 0 Å². The topological polar surface area (TPSA) is 45.1 Å². The van der Waals surface area contributed by atoms with E-state index in [1.165, 1.54) is 24.1 Å². The van der Waals surface area contributed by atoms with Crippen molar-refractivity contribution in [1.29, 1.82) is 0 Å². The van der Waals surface area contributed by atoms with Gasteiger partial charge in [-0.05, 0) is 31.5 Å². The van der Waals surface area contributed by atoms with Crippen LogP contribution in [-0.2, 0) is 0 Å². The van der Waals surface area contributed by atoms with Gasteiger partial charge in [-0.25, -0.2) is 4.98 Å². The van der Waals surface area contributed by atoms with E-state index >= 15 is 0 Å². The summed E-state index contributed by atoms with van der Waals surface area (Å²) in [4.78, 5) is 8.00. The lowest BCUT2D eigenvalue weighted by Gasteiger charge is -2.05. The van der Waals surface area contributed by atoms with Gasteiger partial charge in [-0.2, -0.15) is 0 Å². The van der Waals surface area contributed by atoms with Crippen LogP contribution in [0.15, 0.2) is 30.5 Å².